The Balaban J connectivity index is 2.26. The van der Waals surface area contributed by atoms with Crippen molar-refractivity contribution in [1.29, 1.82) is 0 Å². The third kappa shape index (κ3) is 3.20. The van der Waals surface area contributed by atoms with Crippen LogP contribution >= 0.6 is 0 Å². The Labute approximate surface area is 121 Å². The smallest absolute Gasteiger partial charge is 0.119 e. The zero-order valence-corrected chi connectivity index (χ0v) is 12.7. The molecule has 1 unspecified atom stereocenters. The van der Waals surface area contributed by atoms with Gasteiger partial charge in [0.2, 0.25) is 0 Å². The van der Waals surface area contributed by atoms with Crippen molar-refractivity contribution < 1.29 is 4.74 Å². The van der Waals surface area contributed by atoms with Crippen molar-refractivity contribution in [2.24, 2.45) is 0 Å². The van der Waals surface area contributed by atoms with E-state index >= 15 is 0 Å². The van der Waals surface area contributed by atoms with Crippen molar-refractivity contribution in [2.75, 3.05) is 14.2 Å². The molecule has 1 N–H and O–H groups in total. The van der Waals surface area contributed by atoms with Gasteiger partial charge in [0.15, 0.2) is 0 Å². The van der Waals surface area contributed by atoms with Crippen molar-refractivity contribution in [1.82, 2.24) is 5.32 Å². The summed E-state index contributed by atoms with van der Waals surface area (Å²) >= 11 is 0. The van der Waals surface area contributed by atoms with E-state index in [4.69, 9.17) is 4.74 Å². The van der Waals surface area contributed by atoms with E-state index in [9.17, 15) is 0 Å². The van der Waals surface area contributed by atoms with E-state index in [1.54, 1.807) is 7.11 Å². The van der Waals surface area contributed by atoms with E-state index in [2.05, 4.69) is 49.5 Å². The van der Waals surface area contributed by atoms with Crippen LogP contribution in [-0.4, -0.2) is 14.2 Å². The normalized spacial score (nSPS) is 12.2. The lowest BCUT2D eigenvalue weighted by atomic mass is 9.93. The average molecular weight is 269 g/mol. The fraction of sp³-hybridized carbons (Fsp3) is 0.333. The van der Waals surface area contributed by atoms with Gasteiger partial charge in [0.25, 0.3) is 0 Å². The van der Waals surface area contributed by atoms with Crippen LogP contribution in [-0.2, 0) is 6.42 Å². The van der Waals surface area contributed by atoms with Crippen LogP contribution in [0.4, 0.5) is 0 Å². The van der Waals surface area contributed by atoms with Crippen LogP contribution in [0.15, 0.2) is 42.5 Å². The maximum Gasteiger partial charge on any atom is 0.119 e. The van der Waals surface area contributed by atoms with Gasteiger partial charge in [-0.3, -0.25) is 0 Å². The number of hydrogen-bond acceptors (Lipinski definition) is 2. The van der Waals surface area contributed by atoms with E-state index in [0.717, 1.165) is 12.2 Å². The summed E-state index contributed by atoms with van der Waals surface area (Å²) in [4.78, 5) is 0. The third-order valence-corrected chi connectivity index (χ3v) is 3.94. The van der Waals surface area contributed by atoms with E-state index in [1.165, 1.54) is 22.3 Å². The number of methoxy groups -OCH3 is 1. The summed E-state index contributed by atoms with van der Waals surface area (Å²) in [6.45, 7) is 4.36. The molecule has 2 nitrogen and oxygen atoms in total. The standard InChI is InChI=1S/C18H23NO/c1-13-7-5-10-17(14(13)2)18(19-3)12-15-8-6-9-16(11-15)20-4/h5-11,18-19H,12H2,1-4H3. The molecule has 0 radical (unpaired) electrons. The fourth-order valence-corrected chi connectivity index (χ4v) is 2.55. The van der Waals surface area contributed by atoms with Gasteiger partial charge >= 0.3 is 0 Å². The molecule has 2 aromatic rings. The minimum Gasteiger partial charge on any atom is -0.497 e. The molecular formula is C18H23NO. The van der Waals surface area contributed by atoms with Crippen molar-refractivity contribution in [3.05, 3.63) is 64.7 Å². The Hall–Kier alpha value is -1.80. The van der Waals surface area contributed by atoms with Gasteiger partial charge in [0.1, 0.15) is 5.75 Å². The number of rotatable bonds is 5. The summed E-state index contributed by atoms with van der Waals surface area (Å²) in [5.74, 6) is 0.915. The van der Waals surface area contributed by atoms with Gasteiger partial charge in [0, 0.05) is 6.04 Å². The minimum absolute atomic E-state index is 0.321. The lowest BCUT2D eigenvalue weighted by Crippen LogP contribution is -2.20. The first kappa shape index (κ1) is 14.6. The summed E-state index contributed by atoms with van der Waals surface area (Å²) in [5.41, 5.74) is 5.36. The maximum atomic E-state index is 5.30. The number of likely N-dealkylation sites (N-methyl/N-ethyl adjacent to an activating group) is 1. The van der Waals surface area contributed by atoms with Crippen LogP contribution in [0.3, 0.4) is 0 Å². The van der Waals surface area contributed by atoms with E-state index in [1.807, 2.05) is 19.2 Å². The van der Waals surface area contributed by atoms with Crippen LogP contribution in [0.2, 0.25) is 0 Å². The Kier molecular flexibility index (Phi) is 4.80. The highest BCUT2D eigenvalue weighted by Crippen LogP contribution is 2.24. The summed E-state index contributed by atoms with van der Waals surface area (Å²) in [6.07, 6.45) is 0.956. The van der Waals surface area contributed by atoms with Crippen LogP contribution in [0.25, 0.3) is 0 Å². The summed E-state index contributed by atoms with van der Waals surface area (Å²) in [6, 6.07) is 15.1. The van der Waals surface area contributed by atoms with Gasteiger partial charge in [-0.25, -0.2) is 0 Å². The number of nitrogens with one attached hydrogen (secondary N) is 1. The second-order valence-corrected chi connectivity index (χ2v) is 5.19. The molecule has 2 aromatic carbocycles. The van der Waals surface area contributed by atoms with Crippen molar-refractivity contribution >= 4 is 0 Å². The first-order valence-corrected chi connectivity index (χ1v) is 7.02. The molecule has 0 heterocycles. The van der Waals surface area contributed by atoms with Crippen LogP contribution in [0, 0.1) is 13.8 Å². The monoisotopic (exact) mass is 269 g/mol. The molecule has 2 rings (SSSR count). The second-order valence-electron chi connectivity index (χ2n) is 5.19. The van der Waals surface area contributed by atoms with Crippen molar-refractivity contribution in [3.8, 4) is 5.75 Å². The molecule has 1 atom stereocenters. The van der Waals surface area contributed by atoms with E-state index in [0.29, 0.717) is 6.04 Å². The molecule has 0 saturated heterocycles. The van der Waals surface area contributed by atoms with Gasteiger partial charge in [-0.05, 0) is 61.7 Å². The largest absolute Gasteiger partial charge is 0.497 e. The predicted octanol–water partition coefficient (Wildman–Crippen LogP) is 3.82. The number of ether oxygens (including phenoxy) is 1. The highest BCUT2D eigenvalue weighted by atomic mass is 16.5. The van der Waals surface area contributed by atoms with E-state index in [-0.39, 0.29) is 0 Å². The molecule has 0 fully saturated rings. The molecule has 0 bridgehead atoms. The average Bonchev–Trinajstić information content (AvgIpc) is 2.48. The number of benzene rings is 2. The highest BCUT2D eigenvalue weighted by molar-refractivity contribution is 5.37. The molecule has 0 aromatic heterocycles. The van der Waals surface area contributed by atoms with Gasteiger partial charge < -0.3 is 10.1 Å². The summed E-state index contributed by atoms with van der Waals surface area (Å²) in [5, 5.41) is 3.43. The molecule has 0 amide bonds. The van der Waals surface area contributed by atoms with Gasteiger partial charge in [-0.2, -0.15) is 0 Å². The van der Waals surface area contributed by atoms with E-state index < -0.39 is 0 Å². The highest BCUT2D eigenvalue weighted by Gasteiger charge is 2.13. The molecule has 0 aliphatic carbocycles. The van der Waals surface area contributed by atoms with Gasteiger partial charge in [-0.15, -0.1) is 0 Å². The Bertz CT molecular complexity index is 577. The Morgan fingerprint density at radius 1 is 1.10 bits per heavy atom. The quantitative estimate of drug-likeness (QED) is 0.891. The first-order chi connectivity index (χ1) is 9.65. The predicted molar refractivity (Wildman–Crippen MR) is 84.4 cm³/mol. The van der Waals surface area contributed by atoms with Crippen LogP contribution < -0.4 is 10.1 Å². The van der Waals surface area contributed by atoms with Crippen LogP contribution in [0.1, 0.15) is 28.3 Å². The Morgan fingerprint density at radius 3 is 2.55 bits per heavy atom. The van der Waals surface area contributed by atoms with Crippen LogP contribution in [0.5, 0.6) is 5.75 Å². The molecule has 0 spiro atoms. The first-order valence-electron chi connectivity index (χ1n) is 7.02. The molecule has 0 aliphatic heterocycles. The lowest BCUT2D eigenvalue weighted by Gasteiger charge is -2.20. The summed E-state index contributed by atoms with van der Waals surface area (Å²) < 4.78 is 5.30. The molecule has 2 heteroatoms. The third-order valence-electron chi connectivity index (χ3n) is 3.94. The van der Waals surface area contributed by atoms with Gasteiger partial charge in [0.05, 0.1) is 7.11 Å². The molecule has 0 saturated carbocycles. The summed E-state index contributed by atoms with van der Waals surface area (Å²) in [7, 11) is 3.73. The fourth-order valence-electron chi connectivity index (χ4n) is 2.55. The second kappa shape index (κ2) is 6.58. The minimum atomic E-state index is 0.321. The van der Waals surface area contributed by atoms with Crippen molar-refractivity contribution in [2.45, 2.75) is 26.3 Å². The maximum absolute atomic E-state index is 5.30. The van der Waals surface area contributed by atoms with Crippen molar-refractivity contribution in [3.63, 3.8) is 0 Å². The molecular weight excluding hydrogens is 246 g/mol. The molecule has 20 heavy (non-hydrogen) atoms. The SMILES string of the molecule is CNC(Cc1cccc(OC)c1)c1cccc(C)c1C. The Morgan fingerprint density at radius 2 is 1.85 bits per heavy atom. The molecule has 0 aliphatic rings. The number of aryl methyl sites for hydroxylation is 1. The molecule has 106 valence electrons. The topological polar surface area (TPSA) is 21.3 Å². The lowest BCUT2D eigenvalue weighted by molar-refractivity contribution is 0.414. The van der Waals surface area contributed by atoms with Gasteiger partial charge in [-0.1, -0.05) is 30.3 Å². The number of hydrogen-bond donors (Lipinski definition) is 1. The zero-order chi connectivity index (χ0) is 14.5. The zero-order valence-electron chi connectivity index (χ0n) is 12.7.